The standard InChI is InChI=1S/C15H24ClNO2/c1-5-7-19-15-13(16)8-12(9-14(15)18-4)10-17-11(3)6-2/h8-9,11,17H,5-7,10H2,1-4H3. The van der Waals surface area contributed by atoms with Gasteiger partial charge < -0.3 is 14.8 Å². The Morgan fingerprint density at radius 1 is 1.32 bits per heavy atom. The highest BCUT2D eigenvalue weighted by Gasteiger charge is 2.12. The van der Waals surface area contributed by atoms with E-state index in [9.17, 15) is 0 Å². The number of methoxy groups -OCH3 is 1. The second-order valence-corrected chi connectivity index (χ2v) is 5.05. The molecule has 0 aromatic heterocycles. The summed E-state index contributed by atoms with van der Waals surface area (Å²) < 4.78 is 11.0. The zero-order chi connectivity index (χ0) is 14.3. The predicted molar refractivity (Wildman–Crippen MR) is 80.4 cm³/mol. The quantitative estimate of drug-likeness (QED) is 0.782. The van der Waals surface area contributed by atoms with E-state index in [-0.39, 0.29) is 0 Å². The van der Waals surface area contributed by atoms with Crippen molar-refractivity contribution in [3.05, 3.63) is 22.7 Å². The third kappa shape index (κ3) is 4.92. The molecule has 0 aliphatic carbocycles. The van der Waals surface area contributed by atoms with Crippen LogP contribution in [-0.4, -0.2) is 19.8 Å². The van der Waals surface area contributed by atoms with Gasteiger partial charge in [-0.25, -0.2) is 0 Å². The molecule has 0 fully saturated rings. The summed E-state index contributed by atoms with van der Waals surface area (Å²) >= 11 is 6.27. The zero-order valence-electron chi connectivity index (χ0n) is 12.3. The Balaban J connectivity index is 2.83. The first-order valence-electron chi connectivity index (χ1n) is 6.84. The molecule has 0 spiro atoms. The highest BCUT2D eigenvalue weighted by atomic mass is 35.5. The van der Waals surface area contributed by atoms with Crippen LogP contribution >= 0.6 is 11.6 Å². The average molecular weight is 286 g/mol. The van der Waals surface area contributed by atoms with E-state index in [1.165, 1.54) is 0 Å². The van der Waals surface area contributed by atoms with Crippen LogP contribution in [0.5, 0.6) is 11.5 Å². The van der Waals surface area contributed by atoms with Crippen LogP contribution in [0.4, 0.5) is 0 Å². The van der Waals surface area contributed by atoms with Crippen LogP contribution in [0.25, 0.3) is 0 Å². The van der Waals surface area contributed by atoms with E-state index < -0.39 is 0 Å². The molecule has 0 bridgehead atoms. The molecule has 1 N–H and O–H groups in total. The predicted octanol–water partition coefficient (Wildman–Crippen LogP) is 4.03. The lowest BCUT2D eigenvalue weighted by atomic mass is 10.1. The van der Waals surface area contributed by atoms with Gasteiger partial charge in [0.25, 0.3) is 0 Å². The largest absolute Gasteiger partial charge is 0.493 e. The fourth-order valence-corrected chi connectivity index (χ4v) is 1.94. The lowest BCUT2D eigenvalue weighted by Gasteiger charge is -2.15. The topological polar surface area (TPSA) is 30.5 Å². The van der Waals surface area contributed by atoms with Gasteiger partial charge in [-0.2, -0.15) is 0 Å². The summed E-state index contributed by atoms with van der Waals surface area (Å²) in [7, 11) is 1.64. The maximum Gasteiger partial charge on any atom is 0.179 e. The molecule has 1 atom stereocenters. The molecular formula is C15H24ClNO2. The summed E-state index contributed by atoms with van der Waals surface area (Å²) in [5.41, 5.74) is 1.10. The molecule has 1 aromatic rings. The molecular weight excluding hydrogens is 262 g/mol. The van der Waals surface area contributed by atoms with Gasteiger partial charge in [0.15, 0.2) is 11.5 Å². The van der Waals surface area contributed by atoms with Crippen molar-refractivity contribution in [3.63, 3.8) is 0 Å². The fourth-order valence-electron chi connectivity index (χ4n) is 1.66. The second-order valence-electron chi connectivity index (χ2n) is 4.65. The van der Waals surface area contributed by atoms with Crippen molar-refractivity contribution >= 4 is 11.6 Å². The normalized spacial score (nSPS) is 12.3. The Hall–Kier alpha value is -0.930. The van der Waals surface area contributed by atoms with E-state index in [4.69, 9.17) is 21.1 Å². The molecule has 3 nitrogen and oxygen atoms in total. The molecule has 1 rings (SSSR count). The van der Waals surface area contributed by atoms with Crippen LogP contribution in [0.1, 0.15) is 39.2 Å². The Morgan fingerprint density at radius 3 is 2.63 bits per heavy atom. The minimum absolute atomic E-state index is 0.487. The van der Waals surface area contributed by atoms with Gasteiger partial charge in [0.2, 0.25) is 0 Å². The molecule has 1 aromatic carbocycles. The first kappa shape index (κ1) is 16.1. The fraction of sp³-hybridized carbons (Fsp3) is 0.600. The maximum atomic E-state index is 6.27. The Morgan fingerprint density at radius 2 is 2.05 bits per heavy atom. The molecule has 0 saturated carbocycles. The van der Waals surface area contributed by atoms with E-state index in [1.807, 2.05) is 12.1 Å². The van der Waals surface area contributed by atoms with Gasteiger partial charge in [-0.05, 0) is 37.5 Å². The molecule has 0 aliphatic heterocycles. The summed E-state index contributed by atoms with van der Waals surface area (Å²) in [5, 5.41) is 4.04. The van der Waals surface area contributed by atoms with Gasteiger partial charge >= 0.3 is 0 Å². The van der Waals surface area contributed by atoms with Crippen LogP contribution in [0.15, 0.2) is 12.1 Å². The monoisotopic (exact) mass is 285 g/mol. The lowest BCUT2D eigenvalue weighted by molar-refractivity contribution is 0.294. The molecule has 4 heteroatoms. The number of benzene rings is 1. The first-order valence-corrected chi connectivity index (χ1v) is 7.22. The molecule has 0 heterocycles. The van der Waals surface area contributed by atoms with Gasteiger partial charge in [0, 0.05) is 12.6 Å². The van der Waals surface area contributed by atoms with Gasteiger partial charge in [0.1, 0.15) is 0 Å². The summed E-state index contributed by atoms with van der Waals surface area (Å²) in [4.78, 5) is 0. The van der Waals surface area contributed by atoms with E-state index in [0.717, 1.165) is 24.9 Å². The van der Waals surface area contributed by atoms with Gasteiger partial charge in [-0.15, -0.1) is 0 Å². The second kappa shape index (κ2) is 8.28. The van der Waals surface area contributed by atoms with Crippen molar-refractivity contribution in [1.29, 1.82) is 0 Å². The number of hydrogen-bond donors (Lipinski definition) is 1. The van der Waals surface area contributed by atoms with Crippen molar-refractivity contribution in [3.8, 4) is 11.5 Å². The van der Waals surface area contributed by atoms with Crippen LogP contribution < -0.4 is 14.8 Å². The van der Waals surface area contributed by atoms with Crippen LogP contribution in [0.3, 0.4) is 0 Å². The third-order valence-corrected chi connectivity index (χ3v) is 3.29. The average Bonchev–Trinajstić information content (AvgIpc) is 2.42. The van der Waals surface area contributed by atoms with E-state index in [1.54, 1.807) is 7.11 Å². The molecule has 108 valence electrons. The SMILES string of the molecule is CCCOc1c(Cl)cc(CNC(C)CC)cc1OC. The molecule has 0 radical (unpaired) electrons. The first-order chi connectivity index (χ1) is 9.12. The molecule has 19 heavy (non-hydrogen) atoms. The van der Waals surface area contributed by atoms with E-state index in [2.05, 4.69) is 26.1 Å². The number of rotatable bonds is 8. The van der Waals surface area contributed by atoms with Gasteiger partial charge in [-0.3, -0.25) is 0 Å². The Bertz CT molecular complexity index is 396. The summed E-state index contributed by atoms with van der Waals surface area (Å²) in [6.07, 6.45) is 2.04. The van der Waals surface area contributed by atoms with Crippen LogP contribution in [-0.2, 0) is 6.54 Å². The third-order valence-electron chi connectivity index (χ3n) is 3.01. The molecule has 0 saturated heterocycles. The van der Waals surface area contributed by atoms with Crippen molar-refractivity contribution in [2.45, 2.75) is 46.2 Å². The van der Waals surface area contributed by atoms with Crippen molar-refractivity contribution in [1.82, 2.24) is 5.32 Å². The Kier molecular flexibility index (Phi) is 7.03. The molecule has 0 amide bonds. The number of nitrogens with one attached hydrogen (secondary N) is 1. The highest BCUT2D eigenvalue weighted by molar-refractivity contribution is 6.32. The van der Waals surface area contributed by atoms with Crippen molar-refractivity contribution < 1.29 is 9.47 Å². The number of ether oxygens (including phenoxy) is 2. The summed E-state index contributed by atoms with van der Waals surface area (Å²) in [5.74, 6) is 1.33. The van der Waals surface area contributed by atoms with Gasteiger partial charge in [-0.1, -0.05) is 25.4 Å². The van der Waals surface area contributed by atoms with Crippen LogP contribution in [0.2, 0.25) is 5.02 Å². The smallest absolute Gasteiger partial charge is 0.179 e. The highest BCUT2D eigenvalue weighted by Crippen LogP contribution is 2.36. The minimum atomic E-state index is 0.487. The Labute approximate surface area is 121 Å². The van der Waals surface area contributed by atoms with E-state index >= 15 is 0 Å². The zero-order valence-corrected chi connectivity index (χ0v) is 13.0. The maximum absolute atomic E-state index is 6.27. The molecule has 1 unspecified atom stereocenters. The molecule has 0 aliphatic rings. The summed E-state index contributed by atoms with van der Waals surface area (Å²) in [6, 6.07) is 4.40. The van der Waals surface area contributed by atoms with Gasteiger partial charge in [0.05, 0.1) is 18.7 Å². The number of hydrogen-bond acceptors (Lipinski definition) is 3. The van der Waals surface area contributed by atoms with E-state index in [0.29, 0.717) is 29.2 Å². The minimum Gasteiger partial charge on any atom is -0.493 e. The lowest BCUT2D eigenvalue weighted by Crippen LogP contribution is -2.24. The number of halogens is 1. The summed E-state index contributed by atoms with van der Waals surface area (Å²) in [6.45, 7) is 7.80. The van der Waals surface area contributed by atoms with Crippen molar-refractivity contribution in [2.75, 3.05) is 13.7 Å². The van der Waals surface area contributed by atoms with Crippen LogP contribution in [0, 0.1) is 0 Å². The van der Waals surface area contributed by atoms with Crippen molar-refractivity contribution in [2.24, 2.45) is 0 Å².